The summed E-state index contributed by atoms with van der Waals surface area (Å²) in [6.07, 6.45) is 0. The predicted molar refractivity (Wildman–Crippen MR) is 52.0 cm³/mol. The Morgan fingerprint density at radius 2 is 1.81 bits per heavy atom. The summed E-state index contributed by atoms with van der Waals surface area (Å²) >= 11 is 0. The molecule has 0 atom stereocenters. The smallest absolute Gasteiger partial charge is 0.374 e. The molecule has 0 aliphatic rings. The summed E-state index contributed by atoms with van der Waals surface area (Å²) in [5.41, 5.74) is 0. The second-order valence-electron chi connectivity index (χ2n) is 2.74. The van der Waals surface area contributed by atoms with Crippen molar-refractivity contribution >= 4 is 11.9 Å². The van der Waals surface area contributed by atoms with Gasteiger partial charge in [-0.3, -0.25) is 0 Å². The molecule has 0 aliphatic heterocycles. The minimum Gasteiger partial charge on any atom is -0.460 e. The van der Waals surface area contributed by atoms with Gasteiger partial charge in [-0.25, -0.2) is 9.59 Å². The van der Waals surface area contributed by atoms with Gasteiger partial charge in [0.1, 0.15) is 6.61 Å². The van der Waals surface area contributed by atoms with Gasteiger partial charge < -0.3 is 19.0 Å². The van der Waals surface area contributed by atoms with Crippen LogP contribution in [0.1, 0.15) is 28.0 Å². The molecule has 0 fully saturated rings. The van der Waals surface area contributed by atoms with Crippen LogP contribution in [0.2, 0.25) is 0 Å². The summed E-state index contributed by atoms with van der Waals surface area (Å²) in [6, 6.07) is 2.64. The lowest BCUT2D eigenvalue weighted by atomic mass is 10.4. The van der Waals surface area contributed by atoms with Crippen molar-refractivity contribution in [2.75, 3.05) is 19.8 Å². The zero-order valence-electron chi connectivity index (χ0n) is 8.76. The van der Waals surface area contributed by atoms with E-state index in [1.165, 1.54) is 12.1 Å². The topological polar surface area (TPSA) is 86.0 Å². The summed E-state index contributed by atoms with van der Waals surface area (Å²) in [5, 5.41) is 8.44. The van der Waals surface area contributed by atoms with Crippen LogP contribution in [0.5, 0.6) is 0 Å². The van der Waals surface area contributed by atoms with Crippen molar-refractivity contribution in [3.63, 3.8) is 0 Å². The summed E-state index contributed by atoms with van der Waals surface area (Å²) in [7, 11) is 0. The molecule has 1 heterocycles. The Balaban J connectivity index is 2.63. The van der Waals surface area contributed by atoms with Gasteiger partial charge in [-0.15, -0.1) is 0 Å². The van der Waals surface area contributed by atoms with Gasteiger partial charge in [-0.05, 0) is 19.1 Å². The molecule has 0 unspecified atom stereocenters. The zero-order chi connectivity index (χ0) is 12.0. The van der Waals surface area contributed by atoms with E-state index in [0.717, 1.165) is 0 Å². The van der Waals surface area contributed by atoms with Gasteiger partial charge in [0.15, 0.2) is 0 Å². The number of furan rings is 1. The minimum atomic E-state index is -0.732. The molecule has 0 aliphatic carbocycles. The van der Waals surface area contributed by atoms with Crippen LogP contribution < -0.4 is 0 Å². The van der Waals surface area contributed by atoms with Gasteiger partial charge in [-0.2, -0.15) is 0 Å². The lowest BCUT2D eigenvalue weighted by Gasteiger charge is -1.99. The Hall–Kier alpha value is -1.82. The molecule has 0 saturated heterocycles. The fourth-order valence-electron chi connectivity index (χ4n) is 0.969. The van der Waals surface area contributed by atoms with Crippen LogP contribution in [0.3, 0.4) is 0 Å². The first-order chi connectivity index (χ1) is 7.69. The highest BCUT2D eigenvalue weighted by molar-refractivity contribution is 5.90. The third-order valence-electron chi connectivity index (χ3n) is 1.61. The number of hydrogen-bond acceptors (Lipinski definition) is 6. The Bertz CT molecular complexity index is 367. The van der Waals surface area contributed by atoms with Crippen molar-refractivity contribution in [2.45, 2.75) is 6.92 Å². The van der Waals surface area contributed by atoms with Gasteiger partial charge >= 0.3 is 11.9 Å². The summed E-state index contributed by atoms with van der Waals surface area (Å²) in [4.78, 5) is 22.4. The molecule has 0 bridgehead atoms. The van der Waals surface area contributed by atoms with Crippen LogP contribution in [0.25, 0.3) is 0 Å². The number of esters is 2. The zero-order valence-corrected chi connectivity index (χ0v) is 8.76. The van der Waals surface area contributed by atoms with Crippen LogP contribution in [0, 0.1) is 0 Å². The van der Waals surface area contributed by atoms with Crippen LogP contribution in [-0.2, 0) is 9.47 Å². The van der Waals surface area contributed by atoms with Crippen molar-refractivity contribution in [3.8, 4) is 0 Å². The fraction of sp³-hybridized carbons (Fsp3) is 0.400. The lowest BCUT2D eigenvalue weighted by molar-refractivity contribution is 0.0387. The molecule has 1 aromatic heterocycles. The number of ether oxygens (including phenoxy) is 2. The standard InChI is InChI=1S/C10H12O6/c1-2-14-9(12)7-3-4-8(16-7)10(13)15-6-5-11/h3-4,11H,2,5-6H2,1H3. The Labute approximate surface area is 91.8 Å². The van der Waals surface area contributed by atoms with Gasteiger partial charge in [0, 0.05) is 0 Å². The Morgan fingerprint density at radius 1 is 1.25 bits per heavy atom. The predicted octanol–water partition coefficient (Wildman–Crippen LogP) is 0.605. The van der Waals surface area contributed by atoms with E-state index < -0.39 is 11.9 Å². The average Bonchev–Trinajstić information content (AvgIpc) is 2.75. The first kappa shape index (κ1) is 12.3. The first-order valence-electron chi connectivity index (χ1n) is 4.74. The maximum Gasteiger partial charge on any atom is 0.374 e. The number of rotatable bonds is 5. The molecule has 6 heteroatoms. The maximum absolute atomic E-state index is 11.2. The SMILES string of the molecule is CCOC(=O)c1ccc(C(=O)OCCO)o1. The highest BCUT2D eigenvalue weighted by Crippen LogP contribution is 2.10. The third-order valence-corrected chi connectivity index (χ3v) is 1.61. The monoisotopic (exact) mass is 228 g/mol. The summed E-state index contributed by atoms with van der Waals surface area (Å²) in [6.45, 7) is 1.51. The molecule has 1 N–H and O–H groups in total. The summed E-state index contributed by atoms with van der Waals surface area (Å²) < 4.78 is 14.2. The molecule has 1 aromatic rings. The van der Waals surface area contributed by atoms with Crippen LogP contribution in [0.4, 0.5) is 0 Å². The molecule has 88 valence electrons. The van der Waals surface area contributed by atoms with Crippen molar-refractivity contribution in [1.82, 2.24) is 0 Å². The number of aliphatic hydroxyl groups is 1. The molecule has 0 radical (unpaired) electrons. The first-order valence-corrected chi connectivity index (χ1v) is 4.74. The number of carbonyl (C=O) groups excluding carboxylic acids is 2. The summed E-state index contributed by atoms with van der Waals surface area (Å²) in [5.74, 6) is -1.53. The molecular formula is C10H12O6. The normalized spacial score (nSPS) is 9.88. The highest BCUT2D eigenvalue weighted by Gasteiger charge is 2.17. The van der Waals surface area contributed by atoms with Gasteiger partial charge in [0.2, 0.25) is 11.5 Å². The molecule has 0 spiro atoms. The van der Waals surface area contributed by atoms with E-state index in [2.05, 4.69) is 9.47 Å². The van der Waals surface area contributed by atoms with Crippen LogP contribution in [0.15, 0.2) is 16.5 Å². The number of aliphatic hydroxyl groups excluding tert-OH is 1. The van der Waals surface area contributed by atoms with E-state index in [4.69, 9.17) is 9.52 Å². The fourth-order valence-corrected chi connectivity index (χ4v) is 0.969. The van der Waals surface area contributed by atoms with E-state index >= 15 is 0 Å². The molecule has 16 heavy (non-hydrogen) atoms. The van der Waals surface area contributed by atoms with Crippen molar-refractivity contribution < 1.29 is 28.6 Å². The largest absolute Gasteiger partial charge is 0.460 e. The second kappa shape index (κ2) is 5.92. The third kappa shape index (κ3) is 3.09. The average molecular weight is 228 g/mol. The van der Waals surface area contributed by atoms with E-state index in [0.29, 0.717) is 0 Å². The Morgan fingerprint density at radius 3 is 2.31 bits per heavy atom. The highest BCUT2D eigenvalue weighted by atomic mass is 16.6. The van der Waals surface area contributed by atoms with Crippen LogP contribution >= 0.6 is 0 Å². The van der Waals surface area contributed by atoms with E-state index in [9.17, 15) is 9.59 Å². The quantitative estimate of drug-likeness (QED) is 0.743. The van der Waals surface area contributed by atoms with Crippen molar-refractivity contribution in [2.24, 2.45) is 0 Å². The maximum atomic E-state index is 11.2. The van der Waals surface area contributed by atoms with Crippen LogP contribution in [-0.4, -0.2) is 36.9 Å². The van der Waals surface area contributed by atoms with Crippen molar-refractivity contribution in [3.05, 3.63) is 23.7 Å². The van der Waals surface area contributed by atoms with E-state index in [-0.39, 0.29) is 31.3 Å². The molecule has 1 rings (SSSR count). The number of carbonyl (C=O) groups is 2. The second-order valence-corrected chi connectivity index (χ2v) is 2.74. The minimum absolute atomic E-state index is 0.0576. The molecule has 0 aromatic carbocycles. The van der Waals surface area contributed by atoms with E-state index in [1.54, 1.807) is 6.92 Å². The molecule has 6 nitrogen and oxygen atoms in total. The van der Waals surface area contributed by atoms with Gasteiger partial charge in [0.05, 0.1) is 13.2 Å². The van der Waals surface area contributed by atoms with Gasteiger partial charge in [0.25, 0.3) is 0 Å². The number of hydrogen-bond donors (Lipinski definition) is 1. The molecular weight excluding hydrogens is 216 g/mol. The molecule has 0 saturated carbocycles. The van der Waals surface area contributed by atoms with Crippen molar-refractivity contribution in [1.29, 1.82) is 0 Å². The molecule has 0 amide bonds. The lowest BCUT2D eigenvalue weighted by Crippen LogP contribution is -2.08. The van der Waals surface area contributed by atoms with E-state index in [1.807, 2.05) is 0 Å². The Kier molecular flexibility index (Phi) is 4.53. The van der Waals surface area contributed by atoms with Gasteiger partial charge in [-0.1, -0.05) is 0 Å².